The van der Waals surface area contributed by atoms with Gasteiger partial charge in [-0.3, -0.25) is 4.79 Å². The number of halogens is 2. The minimum atomic E-state index is -0.113. The Labute approximate surface area is 185 Å². The molecule has 0 aliphatic heterocycles. The number of H-pyrrole nitrogens is 1. The van der Waals surface area contributed by atoms with Crippen molar-refractivity contribution in [2.45, 2.75) is 18.6 Å². The van der Waals surface area contributed by atoms with Crippen LogP contribution in [0.25, 0.3) is 0 Å². The maximum atomic E-state index is 12.0. The van der Waals surface area contributed by atoms with Crippen LogP contribution in [0.3, 0.4) is 0 Å². The largest absolute Gasteiger partial charge is 0.351 e. The van der Waals surface area contributed by atoms with Gasteiger partial charge in [-0.1, -0.05) is 63.6 Å². The van der Waals surface area contributed by atoms with Gasteiger partial charge in [-0.2, -0.15) is 10.1 Å². The van der Waals surface area contributed by atoms with E-state index in [0.29, 0.717) is 22.7 Å². The number of amides is 1. The molecule has 0 saturated carbocycles. The number of hydrazone groups is 1. The molecular weight excluding hydrogens is 476 g/mol. The number of thioether (sulfide) groups is 1. The zero-order chi connectivity index (χ0) is 20.6. The third-order valence-corrected chi connectivity index (χ3v) is 5.38. The zero-order valence-electron chi connectivity index (χ0n) is 15.4. The van der Waals surface area contributed by atoms with Crippen LogP contribution in [0.2, 0.25) is 5.02 Å². The Bertz CT molecular complexity index is 1010. The SMILES string of the molecule is C/C(=N\Nc1nc(SCC(=O)NCc2cccc(Cl)c2)n[nH]1)c1ccc(Br)cc1. The lowest BCUT2D eigenvalue weighted by atomic mass is 10.1. The molecule has 0 saturated heterocycles. The summed E-state index contributed by atoms with van der Waals surface area (Å²) in [5, 5.41) is 15.1. The molecule has 3 aromatic rings. The van der Waals surface area contributed by atoms with Gasteiger partial charge in [0.05, 0.1) is 11.5 Å². The number of hydrogen-bond acceptors (Lipinski definition) is 6. The van der Waals surface area contributed by atoms with Crippen molar-refractivity contribution in [1.29, 1.82) is 0 Å². The molecule has 7 nitrogen and oxygen atoms in total. The number of rotatable bonds is 8. The second kappa shape index (κ2) is 10.4. The molecule has 150 valence electrons. The van der Waals surface area contributed by atoms with Gasteiger partial charge < -0.3 is 5.32 Å². The van der Waals surface area contributed by atoms with Crippen molar-refractivity contribution in [3.8, 4) is 0 Å². The lowest BCUT2D eigenvalue weighted by molar-refractivity contribution is -0.118. The number of nitrogens with one attached hydrogen (secondary N) is 3. The van der Waals surface area contributed by atoms with Crippen LogP contribution in [-0.4, -0.2) is 32.6 Å². The van der Waals surface area contributed by atoms with Gasteiger partial charge in [0, 0.05) is 16.0 Å². The van der Waals surface area contributed by atoms with Crippen molar-refractivity contribution in [2.75, 3.05) is 11.2 Å². The fourth-order valence-corrected chi connectivity index (χ4v) is 3.39. The van der Waals surface area contributed by atoms with E-state index in [-0.39, 0.29) is 11.7 Å². The number of carbonyl (C=O) groups is 1. The van der Waals surface area contributed by atoms with Crippen molar-refractivity contribution in [3.05, 3.63) is 69.2 Å². The van der Waals surface area contributed by atoms with Gasteiger partial charge in [0.15, 0.2) is 0 Å². The first-order valence-electron chi connectivity index (χ1n) is 8.62. The second-order valence-corrected chi connectivity index (χ2v) is 8.27. The average molecular weight is 494 g/mol. The summed E-state index contributed by atoms with van der Waals surface area (Å²) < 4.78 is 1.01. The Morgan fingerprint density at radius 2 is 2.07 bits per heavy atom. The zero-order valence-corrected chi connectivity index (χ0v) is 18.6. The van der Waals surface area contributed by atoms with Gasteiger partial charge >= 0.3 is 0 Å². The van der Waals surface area contributed by atoms with Gasteiger partial charge in [-0.05, 0) is 42.3 Å². The number of carbonyl (C=O) groups excluding carboxylic acids is 1. The Hall–Kier alpha value is -2.36. The summed E-state index contributed by atoms with van der Waals surface area (Å²) in [5.41, 5.74) is 5.58. The monoisotopic (exact) mass is 492 g/mol. The fourth-order valence-electron chi connectivity index (χ4n) is 2.28. The Kier molecular flexibility index (Phi) is 7.68. The number of anilines is 1. The van der Waals surface area contributed by atoms with Gasteiger partial charge in [0.25, 0.3) is 0 Å². The Morgan fingerprint density at radius 3 is 2.83 bits per heavy atom. The normalized spacial score (nSPS) is 11.3. The summed E-state index contributed by atoms with van der Waals surface area (Å²) in [6, 6.07) is 15.2. The van der Waals surface area contributed by atoms with E-state index in [1.54, 1.807) is 6.07 Å². The van der Waals surface area contributed by atoms with Crippen molar-refractivity contribution >= 4 is 56.9 Å². The Morgan fingerprint density at radius 1 is 1.28 bits per heavy atom. The third kappa shape index (κ3) is 6.88. The van der Waals surface area contributed by atoms with Crippen LogP contribution in [0.4, 0.5) is 5.95 Å². The number of aromatic amines is 1. The fraction of sp³-hybridized carbons (Fsp3) is 0.158. The minimum Gasteiger partial charge on any atom is -0.351 e. The molecule has 3 N–H and O–H groups in total. The molecule has 1 heterocycles. The molecule has 0 unspecified atom stereocenters. The molecule has 1 amide bonds. The summed E-state index contributed by atoms with van der Waals surface area (Å²) in [6.45, 7) is 2.32. The number of nitrogens with zero attached hydrogens (tertiary/aromatic N) is 3. The van der Waals surface area contributed by atoms with E-state index in [1.165, 1.54) is 11.8 Å². The van der Waals surface area contributed by atoms with Gasteiger partial charge in [-0.25, -0.2) is 10.5 Å². The smallest absolute Gasteiger partial charge is 0.240 e. The molecule has 0 aliphatic rings. The van der Waals surface area contributed by atoms with Gasteiger partial charge in [-0.15, -0.1) is 5.10 Å². The van der Waals surface area contributed by atoms with E-state index < -0.39 is 0 Å². The van der Waals surface area contributed by atoms with E-state index in [0.717, 1.165) is 21.3 Å². The minimum absolute atomic E-state index is 0.113. The van der Waals surface area contributed by atoms with Crippen LogP contribution in [0.15, 0.2) is 63.3 Å². The number of aromatic nitrogens is 3. The van der Waals surface area contributed by atoms with Crippen LogP contribution in [0.5, 0.6) is 0 Å². The van der Waals surface area contributed by atoms with Gasteiger partial charge in [0.1, 0.15) is 0 Å². The van der Waals surface area contributed by atoms with Crippen LogP contribution in [0, 0.1) is 0 Å². The van der Waals surface area contributed by atoms with Crippen molar-refractivity contribution in [1.82, 2.24) is 20.5 Å². The van der Waals surface area contributed by atoms with E-state index in [9.17, 15) is 4.79 Å². The van der Waals surface area contributed by atoms with E-state index in [2.05, 4.69) is 47.0 Å². The Balaban J connectivity index is 1.45. The first-order valence-corrected chi connectivity index (χ1v) is 10.8. The highest BCUT2D eigenvalue weighted by Gasteiger charge is 2.08. The summed E-state index contributed by atoms with van der Waals surface area (Å²) in [4.78, 5) is 16.3. The van der Waals surface area contributed by atoms with Crippen LogP contribution < -0.4 is 10.7 Å². The molecular formula is C19H18BrClN6OS. The quantitative estimate of drug-likeness (QED) is 0.245. The van der Waals surface area contributed by atoms with Gasteiger partial charge in [0.2, 0.25) is 17.0 Å². The van der Waals surface area contributed by atoms with Crippen molar-refractivity contribution < 1.29 is 4.79 Å². The first kappa shape index (κ1) is 21.4. The molecule has 0 atom stereocenters. The van der Waals surface area contributed by atoms with Crippen molar-refractivity contribution in [2.24, 2.45) is 5.10 Å². The maximum absolute atomic E-state index is 12.0. The molecule has 0 aliphatic carbocycles. The number of benzene rings is 2. The number of hydrogen-bond donors (Lipinski definition) is 3. The lowest BCUT2D eigenvalue weighted by Gasteiger charge is -2.04. The van der Waals surface area contributed by atoms with Crippen LogP contribution >= 0.6 is 39.3 Å². The van der Waals surface area contributed by atoms with Crippen molar-refractivity contribution in [3.63, 3.8) is 0 Å². The van der Waals surface area contributed by atoms with E-state index in [1.807, 2.05) is 49.4 Å². The summed E-state index contributed by atoms with van der Waals surface area (Å²) in [6.07, 6.45) is 0. The molecule has 29 heavy (non-hydrogen) atoms. The molecule has 0 radical (unpaired) electrons. The van der Waals surface area contributed by atoms with E-state index in [4.69, 9.17) is 11.6 Å². The highest BCUT2D eigenvalue weighted by atomic mass is 79.9. The highest BCUT2D eigenvalue weighted by molar-refractivity contribution is 9.10. The first-order chi connectivity index (χ1) is 14.0. The third-order valence-electron chi connectivity index (χ3n) is 3.77. The topological polar surface area (TPSA) is 95.1 Å². The second-order valence-electron chi connectivity index (χ2n) is 5.98. The molecule has 0 fully saturated rings. The standard InChI is InChI=1S/C19H18BrClN6OS/c1-12(14-5-7-15(20)8-6-14)24-25-18-23-19(27-26-18)29-11-17(28)22-10-13-3-2-4-16(21)9-13/h2-9H,10-11H2,1H3,(H,22,28)(H2,23,25,26,27)/b24-12+. The van der Waals surface area contributed by atoms with Crippen LogP contribution in [-0.2, 0) is 11.3 Å². The highest BCUT2D eigenvalue weighted by Crippen LogP contribution is 2.15. The summed E-state index contributed by atoms with van der Waals surface area (Å²) in [7, 11) is 0. The lowest BCUT2D eigenvalue weighted by Crippen LogP contribution is -2.24. The summed E-state index contributed by atoms with van der Waals surface area (Å²) >= 11 is 10.6. The maximum Gasteiger partial charge on any atom is 0.240 e. The average Bonchev–Trinajstić information content (AvgIpc) is 3.17. The molecule has 1 aromatic heterocycles. The molecule has 0 spiro atoms. The molecule has 2 aromatic carbocycles. The van der Waals surface area contributed by atoms with E-state index >= 15 is 0 Å². The predicted molar refractivity (Wildman–Crippen MR) is 120 cm³/mol. The predicted octanol–water partition coefficient (Wildman–Crippen LogP) is 4.47. The molecule has 3 rings (SSSR count). The van der Waals surface area contributed by atoms with Crippen LogP contribution in [0.1, 0.15) is 18.1 Å². The molecule has 0 bridgehead atoms. The molecule has 10 heteroatoms. The summed E-state index contributed by atoms with van der Waals surface area (Å²) in [5.74, 6) is 0.501.